The van der Waals surface area contributed by atoms with Gasteiger partial charge in [-0.05, 0) is 25.6 Å². The summed E-state index contributed by atoms with van der Waals surface area (Å²) >= 11 is 1.46. The number of methoxy groups -OCH3 is 1. The van der Waals surface area contributed by atoms with Gasteiger partial charge in [-0.3, -0.25) is 4.79 Å². The molecule has 1 aliphatic heterocycles. The van der Waals surface area contributed by atoms with Crippen molar-refractivity contribution >= 4 is 17.7 Å². The third-order valence-electron chi connectivity index (χ3n) is 4.92. The molecule has 0 unspecified atom stereocenters. The van der Waals surface area contributed by atoms with Crippen LogP contribution in [0.4, 0.5) is 0 Å². The lowest BCUT2D eigenvalue weighted by atomic mass is 10.2. The molecule has 1 atom stereocenters. The van der Waals surface area contributed by atoms with E-state index in [-0.39, 0.29) is 11.2 Å². The van der Waals surface area contributed by atoms with E-state index in [2.05, 4.69) is 22.0 Å². The summed E-state index contributed by atoms with van der Waals surface area (Å²) in [6.07, 6.45) is 0. The standard InChI is InChI=1S/C19H27N5O2S/c1-5-23-9-11-24(12-10-23)18(25)14(2)27-19-21-20-17(22(19)3)15-7-6-8-16(13-15)26-4/h6-8,13-14H,5,9-12H2,1-4H3/t14-/m0/s1. The van der Waals surface area contributed by atoms with Crippen LogP contribution in [0.3, 0.4) is 0 Å². The lowest BCUT2D eigenvalue weighted by Gasteiger charge is -2.35. The van der Waals surface area contributed by atoms with Crippen LogP contribution >= 0.6 is 11.8 Å². The van der Waals surface area contributed by atoms with Gasteiger partial charge in [0.2, 0.25) is 5.91 Å². The molecule has 0 spiro atoms. The molecule has 0 radical (unpaired) electrons. The van der Waals surface area contributed by atoms with E-state index in [1.54, 1.807) is 7.11 Å². The first-order chi connectivity index (χ1) is 13.0. The summed E-state index contributed by atoms with van der Waals surface area (Å²) in [5.41, 5.74) is 0.936. The van der Waals surface area contributed by atoms with Gasteiger partial charge in [0.15, 0.2) is 11.0 Å². The number of thioether (sulfide) groups is 1. The van der Waals surface area contributed by atoms with Gasteiger partial charge in [0.05, 0.1) is 12.4 Å². The Bertz CT molecular complexity index is 786. The Hall–Kier alpha value is -2.06. The van der Waals surface area contributed by atoms with Crippen molar-refractivity contribution in [3.63, 3.8) is 0 Å². The molecule has 1 aliphatic rings. The lowest BCUT2D eigenvalue weighted by Crippen LogP contribution is -2.50. The van der Waals surface area contributed by atoms with Crippen LogP contribution in [0.2, 0.25) is 0 Å². The number of carbonyl (C=O) groups excluding carboxylic acids is 1. The first-order valence-electron chi connectivity index (χ1n) is 9.25. The summed E-state index contributed by atoms with van der Waals surface area (Å²) in [6, 6.07) is 7.73. The SMILES string of the molecule is CCN1CCN(C(=O)[C@H](C)Sc2nnc(-c3cccc(OC)c3)n2C)CC1. The highest BCUT2D eigenvalue weighted by Crippen LogP contribution is 2.28. The average molecular weight is 390 g/mol. The lowest BCUT2D eigenvalue weighted by molar-refractivity contribution is -0.132. The third-order valence-corrected chi connectivity index (χ3v) is 6.05. The summed E-state index contributed by atoms with van der Waals surface area (Å²) in [7, 11) is 3.57. The van der Waals surface area contributed by atoms with E-state index in [0.29, 0.717) is 0 Å². The van der Waals surface area contributed by atoms with E-state index < -0.39 is 0 Å². The molecule has 0 bridgehead atoms. The zero-order valence-corrected chi connectivity index (χ0v) is 17.2. The smallest absolute Gasteiger partial charge is 0.235 e. The first kappa shape index (κ1) is 19.7. The minimum absolute atomic E-state index is 0.168. The molecule has 1 aromatic carbocycles. The van der Waals surface area contributed by atoms with Crippen molar-refractivity contribution in [2.75, 3.05) is 39.8 Å². The van der Waals surface area contributed by atoms with E-state index in [1.165, 1.54) is 11.8 Å². The number of hydrogen-bond donors (Lipinski definition) is 0. The molecule has 2 heterocycles. The number of benzene rings is 1. The van der Waals surface area contributed by atoms with Crippen molar-refractivity contribution in [3.8, 4) is 17.1 Å². The Morgan fingerprint density at radius 1 is 1.26 bits per heavy atom. The molecular formula is C19H27N5O2S. The normalized spacial score (nSPS) is 16.4. The molecule has 27 heavy (non-hydrogen) atoms. The maximum Gasteiger partial charge on any atom is 0.235 e. The second kappa shape index (κ2) is 8.75. The predicted molar refractivity (Wildman–Crippen MR) is 107 cm³/mol. The van der Waals surface area contributed by atoms with Gasteiger partial charge in [-0.15, -0.1) is 10.2 Å². The van der Waals surface area contributed by atoms with E-state index in [9.17, 15) is 4.79 Å². The molecule has 8 heteroatoms. The molecule has 146 valence electrons. The number of piperazine rings is 1. The van der Waals surface area contributed by atoms with Crippen LogP contribution in [0.15, 0.2) is 29.4 Å². The molecule has 3 rings (SSSR count). The number of hydrogen-bond acceptors (Lipinski definition) is 6. The Balaban J connectivity index is 1.67. The summed E-state index contributed by atoms with van der Waals surface area (Å²) in [5, 5.41) is 9.15. The topological polar surface area (TPSA) is 63.5 Å². The highest BCUT2D eigenvalue weighted by Gasteiger charge is 2.26. The number of carbonyl (C=O) groups is 1. The second-order valence-electron chi connectivity index (χ2n) is 6.62. The fraction of sp³-hybridized carbons (Fsp3) is 0.526. The van der Waals surface area contributed by atoms with Crippen LogP contribution in [0, 0.1) is 0 Å². The van der Waals surface area contributed by atoms with Gasteiger partial charge in [-0.2, -0.15) is 0 Å². The van der Waals surface area contributed by atoms with Crippen LogP contribution in [-0.4, -0.2) is 75.6 Å². The number of amides is 1. The molecule has 2 aromatic rings. The zero-order valence-electron chi connectivity index (χ0n) is 16.4. The van der Waals surface area contributed by atoms with Gasteiger partial charge in [0.1, 0.15) is 5.75 Å². The van der Waals surface area contributed by atoms with Crippen molar-refractivity contribution in [1.82, 2.24) is 24.6 Å². The number of likely N-dealkylation sites (N-methyl/N-ethyl adjacent to an activating group) is 1. The summed E-state index contributed by atoms with van der Waals surface area (Å²) < 4.78 is 7.21. The quantitative estimate of drug-likeness (QED) is 0.706. The largest absolute Gasteiger partial charge is 0.497 e. The van der Waals surface area contributed by atoms with Crippen molar-refractivity contribution in [1.29, 1.82) is 0 Å². The highest BCUT2D eigenvalue weighted by molar-refractivity contribution is 8.00. The van der Waals surface area contributed by atoms with Gasteiger partial charge >= 0.3 is 0 Å². The summed E-state index contributed by atoms with van der Waals surface area (Å²) in [4.78, 5) is 17.1. The van der Waals surface area contributed by atoms with Gasteiger partial charge in [0, 0.05) is 38.8 Å². The first-order valence-corrected chi connectivity index (χ1v) is 10.1. The summed E-state index contributed by atoms with van der Waals surface area (Å²) in [5.74, 6) is 1.70. The van der Waals surface area contributed by atoms with E-state index in [1.807, 2.05) is 47.7 Å². The van der Waals surface area contributed by atoms with Gasteiger partial charge in [0.25, 0.3) is 0 Å². The number of aromatic nitrogens is 3. The Morgan fingerprint density at radius 3 is 2.67 bits per heavy atom. The fourth-order valence-corrected chi connectivity index (χ4v) is 4.08. The van der Waals surface area contributed by atoms with Gasteiger partial charge in [-0.25, -0.2) is 0 Å². The number of ether oxygens (including phenoxy) is 1. The maximum atomic E-state index is 12.8. The van der Waals surface area contributed by atoms with Gasteiger partial charge in [-0.1, -0.05) is 30.8 Å². The van der Waals surface area contributed by atoms with Crippen molar-refractivity contribution in [2.45, 2.75) is 24.3 Å². The Kier molecular flexibility index (Phi) is 6.38. The van der Waals surface area contributed by atoms with E-state index in [4.69, 9.17) is 4.74 Å². The Morgan fingerprint density at radius 2 is 2.00 bits per heavy atom. The molecule has 0 N–H and O–H groups in total. The minimum atomic E-state index is -0.195. The average Bonchev–Trinajstić information content (AvgIpc) is 3.07. The van der Waals surface area contributed by atoms with Crippen LogP contribution in [0.25, 0.3) is 11.4 Å². The minimum Gasteiger partial charge on any atom is -0.497 e. The monoisotopic (exact) mass is 389 g/mol. The van der Waals surface area contributed by atoms with Crippen molar-refractivity contribution < 1.29 is 9.53 Å². The third kappa shape index (κ3) is 4.44. The van der Waals surface area contributed by atoms with Crippen molar-refractivity contribution in [2.24, 2.45) is 7.05 Å². The number of nitrogens with zero attached hydrogens (tertiary/aromatic N) is 5. The molecule has 1 fully saturated rings. The number of rotatable bonds is 6. The Labute approximate surface area is 164 Å². The molecule has 1 aromatic heterocycles. The molecule has 1 amide bonds. The highest BCUT2D eigenvalue weighted by atomic mass is 32.2. The van der Waals surface area contributed by atoms with Gasteiger partial charge < -0.3 is 19.1 Å². The van der Waals surface area contributed by atoms with Crippen LogP contribution < -0.4 is 4.74 Å². The summed E-state index contributed by atoms with van der Waals surface area (Å²) in [6.45, 7) is 8.63. The molecule has 1 saturated heterocycles. The molecular weight excluding hydrogens is 362 g/mol. The molecule has 0 saturated carbocycles. The van der Waals surface area contributed by atoms with Crippen LogP contribution in [0.1, 0.15) is 13.8 Å². The molecule has 0 aliphatic carbocycles. The van der Waals surface area contributed by atoms with Crippen LogP contribution in [0.5, 0.6) is 5.75 Å². The zero-order chi connectivity index (χ0) is 19.4. The molecule has 7 nitrogen and oxygen atoms in total. The van der Waals surface area contributed by atoms with E-state index >= 15 is 0 Å². The second-order valence-corrected chi connectivity index (χ2v) is 7.92. The maximum absolute atomic E-state index is 12.8. The fourth-order valence-electron chi connectivity index (χ4n) is 3.18. The van der Waals surface area contributed by atoms with E-state index in [0.717, 1.165) is 55.0 Å². The predicted octanol–water partition coefficient (Wildman–Crippen LogP) is 2.14. The van der Waals surface area contributed by atoms with Crippen molar-refractivity contribution in [3.05, 3.63) is 24.3 Å². The van der Waals surface area contributed by atoms with Crippen LogP contribution in [-0.2, 0) is 11.8 Å².